The van der Waals surface area contributed by atoms with Crippen molar-refractivity contribution in [2.24, 2.45) is 0 Å². The van der Waals surface area contributed by atoms with Crippen molar-refractivity contribution in [3.8, 4) is 11.5 Å². The molecule has 0 aliphatic heterocycles. The largest absolute Gasteiger partial charge is 0.457 e. The highest BCUT2D eigenvalue weighted by Gasteiger charge is 2.17. The molecule has 7 heteroatoms. The summed E-state index contributed by atoms with van der Waals surface area (Å²) < 4.78 is 5.87. The van der Waals surface area contributed by atoms with Crippen LogP contribution in [0.25, 0.3) is 0 Å². The fourth-order valence-corrected chi connectivity index (χ4v) is 3.82. The number of anilines is 2. The minimum Gasteiger partial charge on any atom is -0.457 e. The second kappa shape index (κ2) is 11.9. The van der Waals surface area contributed by atoms with Crippen LogP contribution in [0.5, 0.6) is 11.5 Å². The standard InChI is InChI=1S/C29H26ClN3O3/c1-21-8-7-9-22(20-21)32-29(35)33(19-18-31-28(34)26-12-5-6-13-27(26)30)23-14-16-25(17-15-23)36-24-10-3-2-4-11-24/h2-17,20H,18-19H2,1H3,(H,31,34)(H,32,35). The summed E-state index contributed by atoms with van der Waals surface area (Å²) in [7, 11) is 0. The summed E-state index contributed by atoms with van der Waals surface area (Å²) in [6.07, 6.45) is 0. The lowest BCUT2D eigenvalue weighted by Crippen LogP contribution is -2.41. The quantitative estimate of drug-likeness (QED) is 0.277. The molecule has 0 fully saturated rings. The molecule has 0 atom stereocenters. The van der Waals surface area contributed by atoms with Crippen LogP contribution in [0, 0.1) is 6.92 Å². The second-order valence-electron chi connectivity index (χ2n) is 8.10. The van der Waals surface area contributed by atoms with Crippen molar-refractivity contribution in [3.63, 3.8) is 0 Å². The molecule has 36 heavy (non-hydrogen) atoms. The lowest BCUT2D eigenvalue weighted by atomic mass is 10.2. The number of urea groups is 1. The van der Waals surface area contributed by atoms with Crippen molar-refractivity contribution in [1.82, 2.24) is 5.32 Å². The maximum atomic E-state index is 13.2. The third-order valence-corrected chi connectivity index (χ3v) is 5.71. The third-order valence-electron chi connectivity index (χ3n) is 5.38. The van der Waals surface area contributed by atoms with E-state index in [0.717, 1.165) is 11.3 Å². The molecular weight excluding hydrogens is 474 g/mol. The van der Waals surface area contributed by atoms with E-state index >= 15 is 0 Å². The number of nitrogens with zero attached hydrogens (tertiary/aromatic N) is 1. The summed E-state index contributed by atoms with van der Waals surface area (Å²) in [5.41, 5.74) is 2.77. The Hall–Kier alpha value is -4.29. The highest BCUT2D eigenvalue weighted by molar-refractivity contribution is 6.33. The van der Waals surface area contributed by atoms with Gasteiger partial charge < -0.3 is 15.4 Å². The van der Waals surface area contributed by atoms with Gasteiger partial charge in [0.1, 0.15) is 11.5 Å². The number of benzene rings is 4. The van der Waals surface area contributed by atoms with Crippen LogP contribution in [0.3, 0.4) is 0 Å². The Morgan fingerprint density at radius 2 is 1.53 bits per heavy atom. The molecule has 182 valence electrons. The number of halogens is 1. The molecule has 3 amide bonds. The minimum absolute atomic E-state index is 0.230. The summed E-state index contributed by atoms with van der Waals surface area (Å²) >= 11 is 6.14. The first-order valence-electron chi connectivity index (χ1n) is 11.5. The van der Waals surface area contributed by atoms with E-state index in [9.17, 15) is 9.59 Å². The normalized spacial score (nSPS) is 10.4. The molecule has 0 heterocycles. The summed E-state index contributed by atoms with van der Waals surface area (Å²) in [6, 6.07) is 30.8. The Bertz CT molecular complexity index is 1330. The van der Waals surface area contributed by atoms with Gasteiger partial charge in [-0.2, -0.15) is 0 Å². The molecule has 0 aliphatic rings. The highest BCUT2D eigenvalue weighted by Crippen LogP contribution is 2.25. The first-order chi connectivity index (χ1) is 17.5. The number of hydrogen-bond donors (Lipinski definition) is 2. The van der Waals surface area contributed by atoms with E-state index in [0.29, 0.717) is 27.7 Å². The van der Waals surface area contributed by atoms with Crippen LogP contribution in [-0.4, -0.2) is 25.0 Å². The average Bonchev–Trinajstić information content (AvgIpc) is 2.88. The number of aryl methyl sites for hydroxylation is 1. The monoisotopic (exact) mass is 499 g/mol. The molecular formula is C29H26ClN3O3. The van der Waals surface area contributed by atoms with E-state index in [1.165, 1.54) is 0 Å². The van der Waals surface area contributed by atoms with E-state index in [2.05, 4.69) is 10.6 Å². The van der Waals surface area contributed by atoms with Crippen molar-refractivity contribution in [3.05, 3.63) is 119 Å². The predicted octanol–water partition coefficient (Wildman–Crippen LogP) is 6.91. The maximum Gasteiger partial charge on any atom is 0.326 e. The van der Waals surface area contributed by atoms with Gasteiger partial charge in [-0.05, 0) is 73.2 Å². The van der Waals surface area contributed by atoms with Crippen molar-refractivity contribution in [2.75, 3.05) is 23.3 Å². The fraction of sp³-hybridized carbons (Fsp3) is 0.103. The minimum atomic E-state index is -0.315. The molecule has 0 radical (unpaired) electrons. The molecule has 4 rings (SSSR count). The number of carbonyl (C=O) groups excluding carboxylic acids is 2. The molecule has 2 N–H and O–H groups in total. The van der Waals surface area contributed by atoms with Gasteiger partial charge in [0, 0.05) is 24.5 Å². The van der Waals surface area contributed by atoms with Gasteiger partial charge in [0.05, 0.1) is 10.6 Å². The molecule has 0 bridgehead atoms. The van der Waals surface area contributed by atoms with Gasteiger partial charge in [0.2, 0.25) is 0 Å². The first kappa shape index (κ1) is 24.8. The van der Waals surface area contributed by atoms with Gasteiger partial charge in [0.25, 0.3) is 5.91 Å². The van der Waals surface area contributed by atoms with Gasteiger partial charge >= 0.3 is 6.03 Å². The maximum absolute atomic E-state index is 13.2. The fourth-order valence-electron chi connectivity index (χ4n) is 3.60. The highest BCUT2D eigenvalue weighted by atomic mass is 35.5. The zero-order chi connectivity index (χ0) is 25.3. The summed E-state index contributed by atoms with van der Waals surface area (Å²) in [5.74, 6) is 1.07. The van der Waals surface area contributed by atoms with E-state index < -0.39 is 0 Å². The van der Waals surface area contributed by atoms with E-state index in [4.69, 9.17) is 16.3 Å². The van der Waals surface area contributed by atoms with Crippen LogP contribution in [-0.2, 0) is 0 Å². The van der Waals surface area contributed by atoms with Gasteiger partial charge in [-0.1, -0.05) is 54.1 Å². The number of ether oxygens (including phenoxy) is 1. The average molecular weight is 500 g/mol. The number of rotatable bonds is 8. The Morgan fingerprint density at radius 1 is 0.833 bits per heavy atom. The number of hydrogen-bond acceptors (Lipinski definition) is 3. The predicted molar refractivity (Wildman–Crippen MR) is 144 cm³/mol. The van der Waals surface area contributed by atoms with E-state index in [-0.39, 0.29) is 25.0 Å². The molecule has 0 aliphatic carbocycles. The number of amides is 3. The zero-order valence-corrected chi connectivity index (χ0v) is 20.5. The molecule has 0 saturated carbocycles. The van der Waals surface area contributed by atoms with Crippen molar-refractivity contribution in [2.45, 2.75) is 6.92 Å². The van der Waals surface area contributed by atoms with Crippen molar-refractivity contribution >= 4 is 34.9 Å². The van der Waals surface area contributed by atoms with Crippen LogP contribution in [0.15, 0.2) is 103 Å². The van der Waals surface area contributed by atoms with Crippen LogP contribution in [0.2, 0.25) is 5.02 Å². The van der Waals surface area contributed by atoms with Gasteiger partial charge in [0.15, 0.2) is 0 Å². The summed E-state index contributed by atoms with van der Waals surface area (Å²) in [6.45, 7) is 2.43. The second-order valence-corrected chi connectivity index (χ2v) is 8.50. The van der Waals surface area contributed by atoms with Crippen molar-refractivity contribution in [1.29, 1.82) is 0 Å². The van der Waals surface area contributed by atoms with Crippen molar-refractivity contribution < 1.29 is 14.3 Å². The topological polar surface area (TPSA) is 70.7 Å². The molecule has 4 aromatic rings. The Labute approximate surface area is 215 Å². The third kappa shape index (κ3) is 6.64. The van der Waals surface area contributed by atoms with Crippen LogP contribution in [0.4, 0.5) is 16.2 Å². The van der Waals surface area contributed by atoms with Crippen LogP contribution in [0.1, 0.15) is 15.9 Å². The Kier molecular flexibility index (Phi) is 8.21. The van der Waals surface area contributed by atoms with Crippen LogP contribution < -0.4 is 20.3 Å². The number of nitrogens with one attached hydrogen (secondary N) is 2. The summed E-state index contributed by atoms with van der Waals surface area (Å²) in [5, 5.41) is 6.15. The Balaban J connectivity index is 1.48. The lowest BCUT2D eigenvalue weighted by Gasteiger charge is -2.24. The van der Waals surface area contributed by atoms with E-state index in [1.54, 1.807) is 41.3 Å². The van der Waals surface area contributed by atoms with Gasteiger partial charge in [-0.15, -0.1) is 0 Å². The molecule has 6 nitrogen and oxygen atoms in total. The molecule has 0 unspecified atom stereocenters. The van der Waals surface area contributed by atoms with Gasteiger partial charge in [-0.25, -0.2) is 4.79 Å². The lowest BCUT2D eigenvalue weighted by molar-refractivity contribution is 0.0954. The van der Waals surface area contributed by atoms with E-state index in [1.807, 2.05) is 73.7 Å². The van der Waals surface area contributed by atoms with Gasteiger partial charge in [-0.3, -0.25) is 9.69 Å². The number of para-hydroxylation sites is 1. The first-order valence-corrected chi connectivity index (χ1v) is 11.9. The SMILES string of the molecule is Cc1cccc(NC(=O)N(CCNC(=O)c2ccccc2Cl)c2ccc(Oc3ccccc3)cc2)c1. The summed E-state index contributed by atoms with van der Waals surface area (Å²) in [4.78, 5) is 27.4. The Morgan fingerprint density at radius 3 is 2.25 bits per heavy atom. The molecule has 4 aromatic carbocycles. The molecule has 0 aromatic heterocycles. The number of carbonyl (C=O) groups is 2. The molecule has 0 spiro atoms. The zero-order valence-electron chi connectivity index (χ0n) is 19.8. The smallest absolute Gasteiger partial charge is 0.326 e. The van der Waals surface area contributed by atoms with Crippen LogP contribution >= 0.6 is 11.6 Å². The molecule has 0 saturated heterocycles.